The van der Waals surface area contributed by atoms with Crippen molar-refractivity contribution in [2.24, 2.45) is 5.73 Å². The Labute approximate surface area is 120 Å². The number of piperidine rings is 1. The second-order valence-corrected chi connectivity index (χ2v) is 6.71. The van der Waals surface area contributed by atoms with Crippen LogP contribution >= 0.6 is 0 Å². The molecule has 3 aliphatic rings. The molecule has 0 aromatic carbocycles. The van der Waals surface area contributed by atoms with Crippen LogP contribution in [0.4, 0.5) is 5.82 Å². The van der Waals surface area contributed by atoms with Crippen LogP contribution in [0.3, 0.4) is 0 Å². The van der Waals surface area contributed by atoms with Gasteiger partial charge in [0, 0.05) is 29.4 Å². The molecule has 2 atom stereocenters. The van der Waals surface area contributed by atoms with E-state index in [0.717, 1.165) is 25.7 Å². The van der Waals surface area contributed by atoms with E-state index in [2.05, 4.69) is 9.88 Å². The second kappa shape index (κ2) is 4.99. The third kappa shape index (κ3) is 2.01. The van der Waals surface area contributed by atoms with E-state index in [4.69, 9.17) is 10.7 Å². The minimum atomic E-state index is 0.393. The summed E-state index contributed by atoms with van der Waals surface area (Å²) in [5.74, 6) is 1.25. The van der Waals surface area contributed by atoms with Crippen LogP contribution in [-0.2, 0) is 12.8 Å². The fraction of sp³-hybridized carbons (Fsp3) is 0.750. The Morgan fingerprint density at radius 2 is 1.75 bits per heavy atom. The molecular weight excluding hydrogens is 248 g/mol. The molecule has 2 fully saturated rings. The summed E-state index contributed by atoms with van der Waals surface area (Å²) in [5.41, 5.74) is 8.95. The summed E-state index contributed by atoms with van der Waals surface area (Å²) in [4.78, 5) is 11.9. The lowest BCUT2D eigenvalue weighted by atomic mass is 9.97. The predicted molar refractivity (Wildman–Crippen MR) is 79.8 cm³/mol. The van der Waals surface area contributed by atoms with E-state index in [1.165, 1.54) is 49.2 Å². The topological polar surface area (TPSA) is 55.0 Å². The summed E-state index contributed by atoms with van der Waals surface area (Å²) in [5, 5.41) is 0. The highest BCUT2D eigenvalue weighted by Gasteiger charge is 2.41. The summed E-state index contributed by atoms with van der Waals surface area (Å²) in [7, 11) is 0. The SMILES string of the molecule is NC1CC2CCC(C1)N2c1ncnc2c1CCCCC2. The minimum Gasteiger partial charge on any atom is -0.350 e. The van der Waals surface area contributed by atoms with Gasteiger partial charge in [-0.25, -0.2) is 9.97 Å². The maximum atomic E-state index is 6.20. The van der Waals surface area contributed by atoms with Gasteiger partial charge in [-0.2, -0.15) is 0 Å². The number of anilines is 1. The highest BCUT2D eigenvalue weighted by molar-refractivity contribution is 5.52. The van der Waals surface area contributed by atoms with Crippen LogP contribution in [0.25, 0.3) is 0 Å². The Balaban J connectivity index is 1.72. The Hall–Kier alpha value is -1.16. The molecule has 2 unspecified atom stereocenters. The predicted octanol–water partition coefficient (Wildman–Crippen LogP) is 2.20. The highest BCUT2D eigenvalue weighted by atomic mass is 15.3. The van der Waals surface area contributed by atoms with Crippen LogP contribution in [0.5, 0.6) is 0 Å². The fourth-order valence-electron chi connectivity index (χ4n) is 4.47. The van der Waals surface area contributed by atoms with Crippen molar-refractivity contribution < 1.29 is 0 Å². The number of aromatic nitrogens is 2. The third-order valence-corrected chi connectivity index (χ3v) is 5.37. The van der Waals surface area contributed by atoms with E-state index in [1.54, 1.807) is 6.33 Å². The molecule has 2 aliphatic heterocycles. The number of rotatable bonds is 1. The van der Waals surface area contributed by atoms with Crippen molar-refractivity contribution in [3.8, 4) is 0 Å². The quantitative estimate of drug-likeness (QED) is 0.796. The number of hydrogen-bond acceptors (Lipinski definition) is 4. The molecule has 0 radical (unpaired) electrons. The molecule has 2 bridgehead atoms. The van der Waals surface area contributed by atoms with Crippen molar-refractivity contribution in [3.05, 3.63) is 17.6 Å². The number of aryl methyl sites for hydroxylation is 1. The third-order valence-electron chi connectivity index (χ3n) is 5.37. The summed E-state index contributed by atoms with van der Waals surface area (Å²) in [6.45, 7) is 0. The van der Waals surface area contributed by atoms with Gasteiger partial charge in [-0.1, -0.05) is 6.42 Å². The molecule has 1 aromatic heterocycles. The van der Waals surface area contributed by atoms with Crippen LogP contribution < -0.4 is 10.6 Å². The van der Waals surface area contributed by atoms with E-state index in [0.29, 0.717) is 18.1 Å². The summed E-state index contributed by atoms with van der Waals surface area (Å²) in [6, 6.07) is 1.63. The molecule has 0 amide bonds. The zero-order valence-corrected chi connectivity index (χ0v) is 12.1. The van der Waals surface area contributed by atoms with Crippen LogP contribution in [0.2, 0.25) is 0 Å². The Morgan fingerprint density at radius 1 is 1.00 bits per heavy atom. The summed E-state index contributed by atoms with van der Waals surface area (Å²) in [6.07, 6.45) is 12.8. The maximum absolute atomic E-state index is 6.20. The minimum absolute atomic E-state index is 0.393. The molecule has 2 N–H and O–H groups in total. The van der Waals surface area contributed by atoms with Crippen LogP contribution in [0, 0.1) is 0 Å². The largest absolute Gasteiger partial charge is 0.350 e. The van der Waals surface area contributed by atoms with Gasteiger partial charge in [0.05, 0.1) is 0 Å². The highest BCUT2D eigenvalue weighted by Crippen LogP contribution is 2.40. The van der Waals surface area contributed by atoms with E-state index >= 15 is 0 Å². The first-order valence-corrected chi connectivity index (χ1v) is 8.19. The summed E-state index contributed by atoms with van der Waals surface area (Å²) < 4.78 is 0. The molecule has 0 spiro atoms. The molecule has 3 heterocycles. The standard InChI is InChI=1S/C16H24N4/c17-11-8-12-6-7-13(9-11)20(12)16-14-4-2-1-3-5-15(14)18-10-19-16/h10-13H,1-9,17H2. The molecule has 0 saturated carbocycles. The average Bonchev–Trinajstić information content (AvgIpc) is 2.65. The first-order chi connectivity index (χ1) is 9.83. The maximum Gasteiger partial charge on any atom is 0.135 e. The normalized spacial score (nSPS) is 32.9. The number of hydrogen-bond donors (Lipinski definition) is 1. The van der Waals surface area contributed by atoms with Crippen LogP contribution in [-0.4, -0.2) is 28.1 Å². The molecule has 4 heteroatoms. The van der Waals surface area contributed by atoms with Crippen molar-refractivity contribution in [1.82, 2.24) is 9.97 Å². The van der Waals surface area contributed by atoms with E-state index in [9.17, 15) is 0 Å². The van der Waals surface area contributed by atoms with Gasteiger partial charge in [0.25, 0.3) is 0 Å². The molecule has 1 aromatic rings. The van der Waals surface area contributed by atoms with Crippen molar-refractivity contribution in [2.45, 2.75) is 75.9 Å². The van der Waals surface area contributed by atoms with Gasteiger partial charge in [-0.15, -0.1) is 0 Å². The van der Waals surface area contributed by atoms with Crippen molar-refractivity contribution >= 4 is 5.82 Å². The lowest BCUT2D eigenvalue weighted by Gasteiger charge is -2.39. The Kier molecular flexibility index (Phi) is 3.14. The Morgan fingerprint density at radius 3 is 2.55 bits per heavy atom. The molecule has 4 rings (SSSR count). The van der Waals surface area contributed by atoms with Gasteiger partial charge >= 0.3 is 0 Å². The molecule has 108 valence electrons. The molecule has 20 heavy (non-hydrogen) atoms. The first-order valence-electron chi connectivity index (χ1n) is 8.19. The van der Waals surface area contributed by atoms with Crippen LogP contribution in [0.1, 0.15) is 56.2 Å². The average molecular weight is 272 g/mol. The van der Waals surface area contributed by atoms with E-state index < -0.39 is 0 Å². The number of nitrogens with two attached hydrogens (primary N) is 1. The summed E-state index contributed by atoms with van der Waals surface area (Å²) >= 11 is 0. The smallest absolute Gasteiger partial charge is 0.135 e. The van der Waals surface area contributed by atoms with Gasteiger partial charge in [-0.3, -0.25) is 0 Å². The molecule has 1 aliphatic carbocycles. The van der Waals surface area contributed by atoms with Gasteiger partial charge in [-0.05, 0) is 51.4 Å². The molecular formula is C16H24N4. The monoisotopic (exact) mass is 272 g/mol. The number of nitrogens with zero attached hydrogens (tertiary/aromatic N) is 3. The van der Waals surface area contributed by atoms with Crippen molar-refractivity contribution in [2.75, 3.05) is 4.90 Å². The first kappa shape index (κ1) is 12.6. The van der Waals surface area contributed by atoms with Crippen molar-refractivity contribution in [3.63, 3.8) is 0 Å². The zero-order chi connectivity index (χ0) is 13.5. The van der Waals surface area contributed by atoms with Crippen LogP contribution in [0.15, 0.2) is 6.33 Å². The van der Waals surface area contributed by atoms with Gasteiger partial charge in [0.2, 0.25) is 0 Å². The van der Waals surface area contributed by atoms with Crippen molar-refractivity contribution in [1.29, 1.82) is 0 Å². The van der Waals surface area contributed by atoms with Gasteiger partial charge in [0.1, 0.15) is 12.1 Å². The molecule has 2 saturated heterocycles. The van der Waals surface area contributed by atoms with E-state index in [-0.39, 0.29) is 0 Å². The number of fused-ring (bicyclic) bond motifs is 3. The van der Waals surface area contributed by atoms with Gasteiger partial charge in [0.15, 0.2) is 0 Å². The lowest BCUT2D eigenvalue weighted by molar-refractivity contribution is 0.411. The lowest BCUT2D eigenvalue weighted by Crippen LogP contribution is -2.48. The zero-order valence-electron chi connectivity index (χ0n) is 12.1. The Bertz CT molecular complexity index is 487. The second-order valence-electron chi connectivity index (χ2n) is 6.71. The van der Waals surface area contributed by atoms with E-state index in [1.807, 2.05) is 0 Å². The molecule has 4 nitrogen and oxygen atoms in total. The fourth-order valence-corrected chi connectivity index (χ4v) is 4.47. The van der Waals surface area contributed by atoms with Gasteiger partial charge < -0.3 is 10.6 Å².